The molecular weight excluding hydrogens is 284 g/mol. The molecule has 2 N–H and O–H groups in total. The summed E-state index contributed by atoms with van der Waals surface area (Å²) < 4.78 is 5.52. The highest BCUT2D eigenvalue weighted by Gasteiger charge is 2.27. The van der Waals surface area contributed by atoms with Crippen LogP contribution in [0.15, 0.2) is 11.0 Å². The van der Waals surface area contributed by atoms with Gasteiger partial charge in [0.2, 0.25) is 0 Å². The number of aromatic nitrogens is 2. The Morgan fingerprint density at radius 3 is 3.09 bits per heavy atom. The van der Waals surface area contributed by atoms with Crippen molar-refractivity contribution in [2.75, 3.05) is 39.9 Å². The summed E-state index contributed by atoms with van der Waals surface area (Å²) in [5.41, 5.74) is -0.282. The van der Waals surface area contributed by atoms with Gasteiger partial charge >= 0.3 is 0 Å². The number of H-pyrrole nitrogens is 1. The number of nitrogens with one attached hydrogen (secondary N) is 2. The molecule has 0 spiro atoms. The van der Waals surface area contributed by atoms with Crippen LogP contribution in [0, 0.1) is 5.92 Å². The maximum atomic E-state index is 12.1. The lowest BCUT2D eigenvalue weighted by Crippen LogP contribution is -2.37. The van der Waals surface area contributed by atoms with E-state index in [0.717, 1.165) is 25.9 Å². The summed E-state index contributed by atoms with van der Waals surface area (Å²) in [4.78, 5) is 33.2. The van der Waals surface area contributed by atoms with Crippen LogP contribution in [-0.4, -0.2) is 60.7 Å². The molecule has 120 valence electrons. The van der Waals surface area contributed by atoms with E-state index in [9.17, 15) is 9.59 Å². The van der Waals surface area contributed by atoms with Crippen molar-refractivity contribution in [3.63, 3.8) is 0 Å². The highest BCUT2D eigenvalue weighted by Crippen LogP contribution is 2.37. The van der Waals surface area contributed by atoms with Crippen molar-refractivity contribution in [3.8, 4) is 0 Å². The van der Waals surface area contributed by atoms with Gasteiger partial charge in [-0.1, -0.05) is 0 Å². The van der Waals surface area contributed by atoms with E-state index in [4.69, 9.17) is 4.74 Å². The molecule has 0 aromatic carbocycles. The SMILES string of the molecule is CN1CCOCC(CNC(=O)c2cnc(C3CC3)[nH]c2=O)C1. The molecule has 1 aromatic rings. The number of hydrogen-bond acceptors (Lipinski definition) is 5. The molecule has 1 aliphatic carbocycles. The van der Waals surface area contributed by atoms with E-state index >= 15 is 0 Å². The topological polar surface area (TPSA) is 87.3 Å². The molecule has 3 rings (SSSR count). The number of ether oxygens (including phenoxy) is 1. The minimum atomic E-state index is -0.372. The summed E-state index contributed by atoms with van der Waals surface area (Å²) in [6, 6.07) is 0. The molecule has 2 fully saturated rings. The predicted octanol–water partition coefficient (Wildman–Crippen LogP) is -0.0447. The highest BCUT2D eigenvalue weighted by atomic mass is 16.5. The number of carbonyl (C=O) groups is 1. The van der Waals surface area contributed by atoms with E-state index in [1.807, 2.05) is 7.05 Å². The molecule has 1 amide bonds. The fourth-order valence-electron chi connectivity index (χ4n) is 2.65. The molecule has 1 saturated heterocycles. The fourth-order valence-corrected chi connectivity index (χ4v) is 2.65. The molecule has 7 nitrogen and oxygen atoms in total. The Hall–Kier alpha value is -1.73. The Bertz CT molecular complexity index is 597. The van der Waals surface area contributed by atoms with E-state index < -0.39 is 0 Å². The second-order valence-corrected chi connectivity index (χ2v) is 6.20. The highest BCUT2D eigenvalue weighted by molar-refractivity contribution is 5.93. The zero-order chi connectivity index (χ0) is 15.5. The minimum absolute atomic E-state index is 0.0762. The lowest BCUT2D eigenvalue weighted by Gasteiger charge is -2.19. The van der Waals surface area contributed by atoms with Crippen LogP contribution in [0.5, 0.6) is 0 Å². The van der Waals surface area contributed by atoms with Gasteiger partial charge in [0.05, 0.1) is 13.2 Å². The number of carbonyl (C=O) groups excluding carboxylic acids is 1. The minimum Gasteiger partial charge on any atom is -0.380 e. The van der Waals surface area contributed by atoms with Gasteiger partial charge in [-0.3, -0.25) is 9.59 Å². The third-order valence-electron chi connectivity index (χ3n) is 4.12. The summed E-state index contributed by atoms with van der Waals surface area (Å²) in [7, 11) is 2.04. The van der Waals surface area contributed by atoms with Gasteiger partial charge in [0, 0.05) is 37.7 Å². The van der Waals surface area contributed by atoms with Crippen LogP contribution in [0.3, 0.4) is 0 Å². The second kappa shape index (κ2) is 6.58. The van der Waals surface area contributed by atoms with Crippen molar-refractivity contribution < 1.29 is 9.53 Å². The normalized spacial score (nSPS) is 23.0. The zero-order valence-corrected chi connectivity index (χ0v) is 12.8. The van der Waals surface area contributed by atoms with Crippen LogP contribution in [0.2, 0.25) is 0 Å². The number of hydrogen-bond donors (Lipinski definition) is 2. The fraction of sp³-hybridized carbons (Fsp3) is 0.667. The van der Waals surface area contributed by atoms with Gasteiger partial charge in [-0.2, -0.15) is 0 Å². The molecule has 0 bridgehead atoms. The first-order valence-corrected chi connectivity index (χ1v) is 7.77. The first-order chi connectivity index (χ1) is 10.6. The molecule has 1 unspecified atom stereocenters. The van der Waals surface area contributed by atoms with Crippen molar-refractivity contribution in [2.45, 2.75) is 18.8 Å². The van der Waals surface area contributed by atoms with Gasteiger partial charge in [0.25, 0.3) is 11.5 Å². The van der Waals surface area contributed by atoms with Gasteiger partial charge in [-0.15, -0.1) is 0 Å². The maximum Gasteiger partial charge on any atom is 0.263 e. The van der Waals surface area contributed by atoms with E-state index in [0.29, 0.717) is 31.5 Å². The molecular formula is C15H22N4O3. The van der Waals surface area contributed by atoms with Gasteiger partial charge in [0.1, 0.15) is 11.4 Å². The van der Waals surface area contributed by atoms with E-state index in [2.05, 4.69) is 20.2 Å². The quantitative estimate of drug-likeness (QED) is 0.815. The number of amides is 1. The van der Waals surface area contributed by atoms with Gasteiger partial charge < -0.3 is 19.9 Å². The van der Waals surface area contributed by atoms with Crippen LogP contribution in [0.1, 0.15) is 34.9 Å². The molecule has 1 aliphatic heterocycles. The average molecular weight is 306 g/mol. The Kier molecular flexibility index (Phi) is 4.54. The van der Waals surface area contributed by atoms with E-state index in [1.54, 1.807) is 0 Å². The van der Waals surface area contributed by atoms with E-state index in [-0.39, 0.29) is 22.9 Å². The second-order valence-electron chi connectivity index (χ2n) is 6.20. The van der Waals surface area contributed by atoms with Crippen molar-refractivity contribution >= 4 is 5.91 Å². The largest absolute Gasteiger partial charge is 0.380 e. The first-order valence-electron chi connectivity index (χ1n) is 7.77. The summed E-state index contributed by atoms with van der Waals surface area (Å²) in [6.45, 7) is 3.60. The number of rotatable bonds is 4. The lowest BCUT2D eigenvalue weighted by atomic mass is 10.1. The lowest BCUT2D eigenvalue weighted by molar-refractivity contribution is 0.0919. The monoisotopic (exact) mass is 306 g/mol. The molecule has 2 aliphatic rings. The Morgan fingerprint density at radius 2 is 2.36 bits per heavy atom. The Morgan fingerprint density at radius 1 is 1.55 bits per heavy atom. The zero-order valence-electron chi connectivity index (χ0n) is 12.8. The molecule has 22 heavy (non-hydrogen) atoms. The molecule has 1 atom stereocenters. The van der Waals surface area contributed by atoms with Gasteiger partial charge in [0.15, 0.2) is 0 Å². The number of likely N-dealkylation sites (N-methyl/N-ethyl adjacent to an activating group) is 1. The van der Waals surface area contributed by atoms with Crippen LogP contribution in [0.25, 0.3) is 0 Å². The Balaban J connectivity index is 1.58. The van der Waals surface area contributed by atoms with Crippen LogP contribution in [0.4, 0.5) is 0 Å². The van der Waals surface area contributed by atoms with Crippen LogP contribution < -0.4 is 10.9 Å². The van der Waals surface area contributed by atoms with Gasteiger partial charge in [-0.25, -0.2) is 4.98 Å². The molecule has 2 heterocycles. The average Bonchev–Trinajstić information content (AvgIpc) is 3.32. The molecule has 1 saturated carbocycles. The van der Waals surface area contributed by atoms with Crippen molar-refractivity contribution in [1.82, 2.24) is 20.2 Å². The maximum absolute atomic E-state index is 12.1. The van der Waals surface area contributed by atoms with Crippen molar-refractivity contribution in [3.05, 3.63) is 27.9 Å². The number of aromatic amines is 1. The van der Waals surface area contributed by atoms with Crippen LogP contribution >= 0.6 is 0 Å². The summed E-state index contributed by atoms with van der Waals surface area (Å²) in [5.74, 6) is 0.918. The summed E-state index contributed by atoms with van der Waals surface area (Å²) in [6.07, 6.45) is 3.50. The third-order valence-corrected chi connectivity index (χ3v) is 4.12. The van der Waals surface area contributed by atoms with Gasteiger partial charge in [-0.05, 0) is 19.9 Å². The standard InChI is InChI=1S/C15H22N4O3/c1-19-4-5-22-9-10(8-19)6-17-14(20)12-7-16-13(11-2-3-11)18-15(12)21/h7,10-11H,2-6,8-9H2,1H3,(H,17,20)(H,16,18,21). The third kappa shape index (κ3) is 3.72. The smallest absolute Gasteiger partial charge is 0.263 e. The van der Waals surface area contributed by atoms with E-state index in [1.165, 1.54) is 6.20 Å². The Labute approximate surface area is 129 Å². The summed E-state index contributed by atoms with van der Waals surface area (Å²) >= 11 is 0. The number of nitrogens with zero attached hydrogens (tertiary/aromatic N) is 2. The summed E-state index contributed by atoms with van der Waals surface area (Å²) in [5, 5.41) is 2.82. The predicted molar refractivity (Wildman–Crippen MR) is 81.0 cm³/mol. The molecule has 7 heteroatoms. The van der Waals surface area contributed by atoms with Crippen molar-refractivity contribution in [2.24, 2.45) is 5.92 Å². The molecule has 0 radical (unpaired) electrons. The molecule has 1 aromatic heterocycles. The first kappa shape index (κ1) is 15.2. The van der Waals surface area contributed by atoms with Crippen LogP contribution in [-0.2, 0) is 4.74 Å². The van der Waals surface area contributed by atoms with Crippen molar-refractivity contribution in [1.29, 1.82) is 0 Å².